The summed E-state index contributed by atoms with van der Waals surface area (Å²) in [5.41, 5.74) is 2.81. The third kappa shape index (κ3) is 5.16. The van der Waals surface area contributed by atoms with Gasteiger partial charge in [0.1, 0.15) is 17.4 Å². The Bertz CT molecular complexity index is 1030. The van der Waals surface area contributed by atoms with Crippen LogP contribution in [0.3, 0.4) is 0 Å². The van der Waals surface area contributed by atoms with E-state index >= 15 is 0 Å². The molecular formula is C23H23BrFN3O2. The minimum absolute atomic E-state index is 0.140. The van der Waals surface area contributed by atoms with Crippen LogP contribution in [0.25, 0.3) is 22.4 Å². The second-order valence-corrected chi connectivity index (χ2v) is 8.09. The molecule has 30 heavy (non-hydrogen) atoms. The van der Waals surface area contributed by atoms with Gasteiger partial charge in [-0.2, -0.15) is 0 Å². The molecule has 0 radical (unpaired) electrons. The van der Waals surface area contributed by atoms with Crippen molar-refractivity contribution in [3.63, 3.8) is 0 Å². The van der Waals surface area contributed by atoms with Gasteiger partial charge in [0.25, 0.3) is 0 Å². The van der Waals surface area contributed by atoms with E-state index in [0.717, 1.165) is 55.0 Å². The largest absolute Gasteiger partial charge is 0.507 e. The van der Waals surface area contributed by atoms with E-state index in [4.69, 9.17) is 9.72 Å². The fourth-order valence-corrected chi connectivity index (χ4v) is 3.84. The SMILES string of the molecule is Oc1ccc(Br)cc1-c1cc(-c2cccc(F)c2)cc(NCCN2CCOCC2)n1. The van der Waals surface area contributed by atoms with Crippen LogP contribution >= 0.6 is 15.9 Å². The number of hydrogen-bond donors (Lipinski definition) is 2. The van der Waals surface area contributed by atoms with Crippen molar-refractivity contribution in [3.8, 4) is 28.1 Å². The van der Waals surface area contributed by atoms with Gasteiger partial charge in [-0.05, 0) is 53.6 Å². The lowest BCUT2D eigenvalue weighted by Crippen LogP contribution is -2.39. The molecular weight excluding hydrogens is 449 g/mol. The van der Waals surface area contributed by atoms with E-state index in [1.165, 1.54) is 12.1 Å². The van der Waals surface area contributed by atoms with Gasteiger partial charge in [-0.3, -0.25) is 4.90 Å². The molecule has 156 valence electrons. The fourth-order valence-electron chi connectivity index (χ4n) is 3.47. The number of phenolic OH excluding ortho intramolecular Hbond substituents is 1. The zero-order valence-corrected chi connectivity index (χ0v) is 18.0. The summed E-state index contributed by atoms with van der Waals surface area (Å²) in [5, 5.41) is 13.8. The Kier molecular flexibility index (Phi) is 6.62. The topological polar surface area (TPSA) is 57.6 Å². The summed E-state index contributed by atoms with van der Waals surface area (Å²) in [7, 11) is 0. The molecule has 2 heterocycles. The molecule has 0 atom stereocenters. The normalized spacial score (nSPS) is 14.6. The second-order valence-electron chi connectivity index (χ2n) is 7.18. The second kappa shape index (κ2) is 9.55. The number of ether oxygens (including phenoxy) is 1. The van der Waals surface area contributed by atoms with Crippen molar-refractivity contribution < 1.29 is 14.2 Å². The standard InChI is InChI=1S/C23H23BrFN3O2/c24-18-4-5-22(29)20(15-18)21-13-17(16-2-1-3-19(25)12-16)14-23(27-21)26-6-7-28-8-10-30-11-9-28/h1-5,12-15,29H,6-11H2,(H,26,27). The Morgan fingerprint density at radius 1 is 1.07 bits per heavy atom. The summed E-state index contributed by atoms with van der Waals surface area (Å²) >= 11 is 3.45. The first-order valence-corrected chi connectivity index (χ1v) is 10.7. The Morgan fingerprint density at radius 3 is 2.70 bits per heavy atom. The van der Waals surface area contributed by atoms with Crippen molar-refractivity contribution in [2.45, 2.75) is 0 Å². The van der Waals surface area contributed by atoms with Crippen molar-refractivity contribution in [2.24, 2.45) is 0 Å². The average Bonchev–Trinajstić information content (AvgIpc) is 2.76. The smallest absolute Gasteiger partial charge is 0.127 e. The number of aromatic nitrogens is 1. The first-order chi connectivity index (χ1) is 14.6. The first-order valence-electron chi connectivity index (χ1n) is 9.89. The van der Waals surface area contributed by atoms with Crippen LogP contribution in [0.15, 0.2) is 59.1 Å². The number of halogens is 2. The van der Waals surface area contributed by atoms with E-state index in [1.54, 1.807) is 18.2 Å². The molecule has 2 aromatic carbocycles. The number of benzene rings is 2. The molecule has 1 saturated heterocycles. The van der Waals surface area contributed by atoms with Crippen LogP contribution in [0.5, 0.6) is 5.75 Å². The maximum absolute atomic E-state index is 13.8. The maximum Gasteiger partial charge on any atom is 0.127 e. The van der Waals surface area contributed by atoms with Gasteiger partial charge >= 0.3 is 0 Å². The number of pyridine rings is 1. The molecule has 0 unspecified atom stereocenters. The third-order valence-corrected chi connectivity index (χ3v) is 5.55. The summed E-state index contributed by atoms with van der Waals surface area (Å²) < 4.78 is 20.0. The zero-order valence-electron chi connectivity index (χ0n) is 16.4. The highest BCUT2D eigenvalue weighted by Crippen LogP contribution is 2.34. The minimum Gasteiger partial charge on any atom is -0.507 e. The number of anilines is 1. The van der Waals surface area contributed by atoms with E-state index in [-0.39, 0.29) is 11.6 Å². The molecule has 0 aliphatic carbocycles. The predicted octanol–water partition coefficient (Wildman–Crippen LogP) is 4.77. The van der Waals surface area contributed by atoms with Gasteiger partial charge < -0.3 is 15.2 Å². The van der Waals surface area contributed by atoms with Crippen LogP contribution in [-0.4, -0.2) is 54.4 Å². The van der Waals surface area contributed by atoms with Gasteiger partial charge in [-0.25, -0.2) is 9.37 Å². The van der Waals surface area contributed by atoms with Gasteiger partial charge in [0.2, 0.25) is 0 Å². The molecule has 0 spiro atoms. The number of phenols is 1. The van der Waals surface area contributed by atoms with Gasteiger partial charge in [-0.1, -0.05) is 28.1 Å². The molecule has 1 aromatic heterocycles. The number of morpholine rings is 1. The molecule has 0 bridgehead atoms. The van der Waals surface area contributed by atoms with Gasteiger partial charge in [-0.15, -0.1) is 0 Å². The van der Waals surface area contributed by atoms with Gasteiger partial charge in [0, 0.05) is 36.2 Å². The average molecular weight is 472 g/mol. The minimum atomic E-state index is -0.294. The van der Waals surface area contributed by atoms with Crippen molar-refractivity contribution in [1.82, 2.24) is 9.88 Å². The van der Waals surface area contributed by atoms with Crippen molar-refractivity contribution >= 4 is 21.7 Å². The monoisotopic (exact) mass is 471 g/mol. The van der Waals surface area contributed by atoms with Crippen molar-refractivity contribution in [2.75, 3.05) is 44.7 Å². The molecule has 0 saturated carbocycles. The molecule has 4 rings (SSSR count). The molecule has 5 nitrogen and oxygen atoms in total. The van der Waals surface area contributed by atoms with Crippen LogP contribution in [0.4, 0.5) is 10.2 Å². The van der Waals surface area contributed by atoms with Crippen molar-refractivity contribution in [3.05, 3.63) is 64.9 Å². The Balaban J connectivity index is 1.64. The lowest BCUT2D eigenvalue weighted by molar-refractivity contribution is 0.0398. The molecule has 1 fully saturated rings. The maximum atomic E-state index is 13.8. The van der Waals surface area contributed by atoms with Crippen LogP contribution < -0.4 is 5.32 Å². The van der Waals surface area contributed by atoms with Gasteiger partial charge in [0.15, 0.2) is 0 Å². The zero-order chi connectivity index (χ0) is 20.9. The highest BCUT2D eigenvalue weighted by molar-refractivity contribution is 9.10. The Hall–Kier alpha value is -2.48. The summed E-state index contributed by atoms with van der Waals surface area (Å²) in [6.45, 7) is 4.99. The number of nitrogens with zero attached hydrogens (tertiary/aromatic N) is 2. The number of hydrogen-bond acceptors (Lipinski definition) is 5. The summed E-state index contributed by atoms with van der Waals surface area (Å²) in [4.78, 5) is 7.05. The lowest BCUT2D eigenvalue weighted by atomic mass is 10.0. The van der Waals surface area contributed by atoms with Crippen LogP contribution in [-0.2, 0) is 4.74 Å². The molecule has 7 heteroatoms. The van der Waals surface area contributed by atoms with Crippen LogP contribution in [0, 0.1) is 5.82 Å². The van der Waals surface area contributed by atoms with E-state index in [0.29, 0.717) is 17.1 Å². The highest BCUT2D eigenvalue weighted by Gasteiger charge is 2.13. The van der Waals surface area contributed by atoms with Crippen LogP contribution in [0.1, 0.15) is 0 Å². The van der Waals surface area contributed by atoms with Crippen molar-refractivity contribution in [1.29, 1.82) is 0 Å². The number of rotatable bonds is 6. The summed E-state index contributed by atoms with van der Waals surface area (Å²) in [6, 6.07) is 15.5. The van der Waals surface area contributed by atoms with E-state index < -0.39 is 0 Å². The predicted molar refractivity (Wildman–Crippen MR) is 120 cm³/mol. The Morgan fingerprint density at radius 2 is 1.90 bits per heavy atom. The number of nitrogens with one attached hydrogen (secondary N) is 1. The molecule has 0 amide bonds. The van der Waals surface area contributed by atoms with E-state index in [9.17, 15) is 9.50 Å². The number of aromatic hydroxyl groups is 1. The lowest BCUT2D eigenvalue weighted by Gasteiger charge is -2.26. The van der Waals surface area contributed by atoms with Gasteiger partial charge in [0.05, 0.1) is 18.9 Å². The highest BCUT2D eigenvalue weighted by atomic mass is 79.9. The molecule has 3 aromatic rings. The summed E-state index contributed by atoms with van der Waals surface area (Å²) in [6.07, 6.45) is 0. The third-order valence-electron chi connectivity index (χ3n) is 5.06. The molecule has 1 aliphatic rings. The summed E-state index contributed by atoms with van der Waals surface area (Å²) in [5.74, 6) is 0.527. The molecule has 1 aliphatic heterocycles. The molecule has 2 N–H and O–H groups in total. The quantitative estimate of drug-likeness (QED) is 0.542. The van der Waals surface area contributed by atoms with E-state index in [2.05, 4.69) is 26.1 Å². The first kappa shape index (κ1) is 20.8. The van der Waals surface area contributed by atoms with Crippen LogP contribution in [0.2, 0.25) is 0 Å². The fraction of sp³-hybridized carbons (Fsp3) is 0.261. The van der Waals surface area contributed by atoms with E-state index in [1.807, 2.05) is 24.3 Å². The Labute approximate surface area is 183 Å².